The van der Waals surface area contributed by atoms with Crippen LogP contribution >= 0.6 is 0 Å². The molecule has 0 aliphatic carbocycles. The SMILES string of the molecule is NCC1COCc2c(-c3ccc4c(c3)OCO4)nnn2C1. The number of hydrogen-bond acceptors (Lipinski definition) is 6. The zero-order valence-corrected chi connectivity index (χ0v) is 11.5. The third-order valence-corrected chi connectivity index (χ3v) is 3.84. The largest absolute Gasteiger partial charge is 0.454 e. The molecular formula is C14H16N4O3. The van der Waals surface area contributed by atoms with Gasteiger partial charge in [-0.3, -0.25) is 0 Å². The van der Waals surface area contributed by atoms with Crippen molar-refractivity contribution in [3.63, 3.8) is 0 Å². The lowest BCUT2D eigenvalue weighted by molar-refractivity contribution is 0.0970. The predicted molar refractivity (Wildman–Crippen MR) is 73.8 cm³/mol. The minimum atomic E-state index is 0.264. The molecular weight excluding hydrogens is 272 g/mol. The monoisotopic (exact) mass is 288 g/mol. The topological polar surface area (TPSA) is 84.4 Å². The molecule has 0 amide bonds. The van der Waals surface area contributed by atoms with Crippen LogP contribution in [-0.4, -0.2) is 34.9 Å². The first-order chi connectivity index (χ1) is 10.3. The van der Waals surface area contributed by atoms with Gasteiger partial charge in [0.15, 0.2) is 11.5 Å². The van der Waals surface area contributed by atoms with Crippen LogP contribution in [0.4, 0.5) is 0 Å². The highest BCUT2D eigenvalue weighted by Crippen LogP contribution is 2.36. The number of fused-ring (bicyclic) bond motifs is 2. The van der Waals surface area contributed by atoms with Crippen LogP contribution in [0.15, 0.2) is 18.2 Å². The Morgan fingerprint density at radius 1 is 1.29 bits per heavy atom. The van der Waals surface area contributed by atoms with Crippen molar-refractivity contribution in [3.05, 3.63) is 23.9 Å². The molecule has 2 N–H and O–H groups in total. The molecule has 1 atom stereocenters. The van der Waals surface area contributed by atoms with Gasteiger partial charge >= 0.3 is 0 Å². The molecule has 0 spiro atoms. The van der Waals surface area contributed by atoms with Gasteiger partial charge in [0, 0.05) is 18.0 Å². The summed E-state index contributed by atoms with van der Waals surface area (Å²) in [6.07, 6.45) is 0. The highest BCUT2D eigenvalue weighted by atomic mass is 16.7. The van der Waals surface area contributed by atoms with E-state index in [1.807, 2.05) is 22.9 Å². The number of aromatic nitrogens is 3. The summed E-state index contributed by atoms with van der Waals surface area (Å²) in [6.45, 7) is 2.73. The summed E-state index contributed by atoms with van der Waals surface area (Å²) in [6, 6.07) is 5.78. The van der Waals surface area contributed by atoms with Crippen LogP contribution in [0.25, 0.3) is 11.3 Å². The van der Waals surface area contributed by atoms with E-state index in [4.69, 9.17) is 19.9 Å². The lowest BCUT2D eigenvalue weighted by atomic mass is 10.1. The Morgan fingerprint density at radius 3 is 3.10 bits per heavy atom. The Bertz CT molecular complexity index is 670. The van der Waals surface area contributed by atoms with E-state index in [9.17, 15) is 0 Å². The summed E-state index contributed by atoms with van der Waals surface area (Å²) in [5.41, 5.74) is 8.49. The van der Waals surface area contributed by atoms with Crippen molar-refractivity contribution >= 4 is 0 Å². The van der Waals surface area contributed by atoms with E-state index in [0.717, 1.165) is 35.0 Å². The van der Waals surface area contributed by atoms with Gasteiger partial charge in [-0.05, 0) is 24.7 Å². The van der Waals surface area contributed by atoms with Gasteiger partial charge in [-0.2, -0.15) is 0 Å². The molecule has 4 rings (SSSR count). The number of ether oxygens (including phenoxy) is 3. The Morgan fingerprint density at radius 2 is 2.19 bits per heavy atom. The lowest BCUT2D eigenvalue weighted by Crippen LogP contribution is -2.23. The molecule has 1 unspecified atom stereocenters. The molecule has 2 aromatic rings. The van der Waals surface area contributed by atoms with E-state index in [2.05, 4.69) is 10.3 Å². The second kappa shape index (κ2) is 5.01. The number of rotatable bonds is 2. The zero-order valence-electron chi connectivity index (χ0n) is 11.5. The number of nitrogens with zero attached hydrogens (tertiary/aromatic N) is 3. The third kappa shape index (κ3) is 2.14. The van der Waals surface area contributed by atoms with Crippen molar-refractivity contribution in [1.29, 1.82) is 0 Å². The normalized spacial score (nSPS) is 20.1. The van der Waals surface area contributed by atoms with Gasteiger partial charge in [-0.15, -0.1) is 5.10 Å². The van der Waals surface area contributed by atoms with E-state index in [1.54, 1.807) is 0 Å². The molecule has 7 heteroatoms. The molecule has 21 heavy (non-hydrogen) atoms. The lowest BCUT2D eigenvalue weighted by Gasteiger charge is -2.09. The van der Waals surface area contributed by atoms with Crippen molar-refractivity contribution in [3.8, 4) is 22.8 Å². The van der Waals surface area contributed by atoms with Gasteiger partial charge in [0.2, 0.25) is 6.79 Å². The molecule has 0 saturated carbocycles. The summed E-state index contributed by atoms with van der Waals surface area (Å²) >= 11 is 0. The Hall–Kier alpha value is -2.12. The fraction of sp³-hybridized carbons (Fsp3) is 0.429. The van der Waals surface area contributed by atoms with Gasteiger partial charge in [0.05, 0.1) is 18.9 Å². The number of hydrogen-bond donors (Lipinski definition) is 1. The fourth-order valence-electron chi connectivity index (χ4n) is 2.65. The molecule has 110 valence electrons. The van der Waals surface area contributed by atoms with Crippen molar-refractivity contribution in [2.75, 3.05) is 19.9 Å². The maximum atomic E-state index is 5.74. The molecule has 1 aromatic heterocycles. The molecule has 2 aliphatic rings. The highest BCUT2D eigenvalue weighted by molar-refractivity contribution is 5.66. The van der Waals surface area contributed by atoms with Gasteiger partial charge in [0.25, 0.3) is 0 Å². The summed E-state index contributed by atoms with van der Waals surface area (Å²) in [5, 5.41) is 8.54. The maximum absolute atomic E-state index is 5.74. The van der Waals surface area contributed by atoms with Crippen LogP contribution < -0.4 is 15.2 Å². The fourth-order valence-corrected chi connectivity index (χ4v) is 2.65. The third-order valence-electron chi connectivity index (χ3n) is 3.84. The minimum Gasteiger partial charge on any atom is -0.454 e. The van der Waals surface area contributed by atoms with Gasteiger partial charge in [0.1, 0.15) is 5.69 Å². The molecule has 0 radical (unpaired) electrons. The Kier molecular flexibility index (Phi) is 3.01. The minimum absolute atomic E-state index is 0.264. The van der Waals surface area contributed by atoms with Crippen molar-refractivity contribution < 1.29 is 14.2 Å². The molecule has 0 saturated heterocycles. The average Bonchev–Trinajstić information content (AvgIpc) is 3.07. The van der Waals surface area contributed by atoms with E-state index in [1.165, 1.54) is 0 Å². The molecule has 3 heterocycles. The first-order valence-corrected chi connectivity index (χ1v) is 6.95. The Labute approximate surface area is 121 Å². The second-order valence-electron chi connectivity index (χ2n) is 5.25. The Balaban J connectivity index is 1.72. The van der Waals surface area contributed by atoms with Crippen LogP contribution in [0.2, 0.25) is 0 Å². The smallest absolute Gasteiger partial charge is 0.231 e. The van der Waals surface area contributed by atoms with Crippen LogP contribution in [0.5, 0.6) is 11.5 Å². The van der Waals surface area contributed by atoms with Crippen molar-refractivity contribution in [2.45, 2.75) is 13.2 Å². The van der Waals surface area contributed by atoms with Crippen LogP contribution in [0.1, 0.15) is 5.69 Å². The standard InChI is InChI=1S/C14H16N4O3/c15-4-9-5-18-11(7-19-6-9)14(16-17-18)10-1-2-12-13(3-10)21-8-20-12/h1-3,9H,4-8,15H2. The van der Waals surface area contributed by atoms with Crippen LogP contribution in [0, 0.1) is 5.92 Å². The van der Waals surface area contributed by atoms with Crippen molar-refractivity contribution in [2.24, 2.45) is 11.7 Å². The molecule has 0 fully saturated rings. The zero-order chi connectivity index (χ0) is 14.2. The quantitative estimate of drug-likeness (QED) is 0.879. The first-order valence-electron chi connectivity index (χ1n) is 6.95. The molecule has 1 aromatic carbocycles. The molecule has 2 aliphatic heterocycles. The number of benzene rings is 1. The van der Waals surface area contributed by atoms with Gasteiger partial charge in [-0.25, -0.2) is 4.68 Å². The van der Waals surface area contributed by atoms with E-state index >= 15 is 0 Å². The van der Waals surface area contributed by atoms with Crippen LogP contribution in [-0.2, 0) is 17.9 Å². The van der Waals surface area contributed by atoms with E-state index < -0.39 is 0 Å². The first kappa shape index (κ1) is 12.6. The molecule has 7 nitrogen and oxygen atoms in total. The number of nitrogens with two attached hydrogens (primary N) is 1. The second-order valence-corrected chi connectivity index (χ2v) is 5.25. The summed E-state index contributed by atoms with van der Waals surface area (Å²) < 4.78 is 18.3. The maximum Gasteiger partial charge on any atom is 0.231 e. The summed E-state index contributed by atoms with van der Waals surface area (Å²) in [4.78, 5) is 0. The summed E-state index contributed by atoms with van der Waals surface area (Å²) in [7, 11) is 0. The van der Waals surface area contributed by atoms with Gasteiger partial charge < -0.3 is 19.9 Å². The highest BCUT2D eigenvalue weighted by Gasteiger charge is 2.23. The molecule has 0 bridgehead atoms. The van der Waals surface area contributed by atoms with Gasteiger partial charge in [-0.1, -0.05) is 5.21 Å². The van der Waals surface area contributed by atoms with E-state index in [-0.39, 0.29) is 12.7 Å². The predicted octanol–water partition coefficient (Wildman–Crippen LogP) is 0.779. The summed E-state index contributed by atoms with van der Waals surface area (Å²) in [5.74, 6) is 1.78. The average molecular weight is 288 g/mol. The van der Waals surface area contributed by atoms with Crippen LogP contribution in [0.3, 0.4) is 0 Å². The van der Waals surface area contributed by atoms with E-state index in [0.29, 0.717) is 19.8 Å². The van der Waals surface area contributed by atoms with Crippen molar-refractivity contribution in [1.82, 2.24) is 15.0 Å².